The molecular formula is C15H12ClFN2. The van der Waals surface area contributed by atoms with Crippen LogP contribution in [0.3, 0.4) is 0 Å². The predicted octanol–water partition coefficient (Wildman–Crippen LogP) is 4.21. The lowest BCUT2D eigenvalue weighted by atomic mass is 10.2. The number of imidazole rings is 1. The van der Waals surface area contributed by atoms with Crippen molar-refractivity contribution in [1.82, 2.24) is 9.55 Å². The van der Waals surface area contributed by atoms with Crippen molar-refractivity contribution in [3.63, 3.8) is 0 Å². The summed E-state index contributed by atoms with van der Waals surface area (Å²) >= 11 is 5.96. The molecule has 0 atom stereocenters. The van der Waals surface area contributed by atoms with Gasteiger partial charge in [-0.2, -0.15) is 0 Å². The number of aromatic nitrogens is 2. The van der Waals surface area contributed by atoms with E-state index in [0.29, 0.717) is 5.82 Å². The van der Waals surface area contributed by atoms with E-state index in [0.717, 1.165) is 22.3 Å². The lowest BCUT2D eigenvalue weighted by molar-refractivity contribution is 0.626. The van der Waals surface area contributed by atoms with Gasteiger partial charge < -0.3 is 0 Å². The van der Waals surface area contributed by atoms with Crippen LogP contribution in [0.5, 0.6) is 0 Å². The molecule has 19 heavy (non-hydrogen) atoms. The van der Waals surface area contributed by atoms with Crippen LogP contribution < -0.4 is 0 Å². The van der Waals surface area contributed by atoms with Crippen molar-refractivity contribution in [2.45, 2.75) is 12.8 Å². The zero-order chi connectivity index (χ0) is 13.4. The monoisotopic (exact) mass is 274 g/mol. The van der Waals surface area contributed by atoms with Crippen molar-refractivity contribution in [3.8, 4) is 5.69 Å². The van der Waals surface area contributed by atoms with E-state index in [9.17, 15) is 4.39 Å². The number of alkyl halides is 1. The molecule has 0 saturated carbocycles. The largest absolute Gasteiger partial charge is 0.295 e. The van der Waals surface area contributed by atoms with E-state index in [1.165, 1.54) is 12.1 Å². The third-order valence-electron chi connectivity index (χ3n) is 3.07. The van der Waals surface area contributed by atoms with Crippen LogP contribution in [-0.2, 0) is 5.88 Å². The van der Waals surface area contributed by atoms with Crippen LogP contribution in [-0.4, -0.2) is 9.55 Å². The highest BCUT2D eigenvalue weighted by Gasteiger charge is 2.12. The molecule has 0 unspecified atom stereocenters. The smallest absolute Gasteiger partial charge is 0.129 e. The van der Waals surface area contributed by atoms with E-state index in [1.807, 2.05) is 35.8 Å². The fourth-order valence-electron chi connectivity index (χ4n) is 2.23. The molecule has 4 heteroatoms. The molecule has 2 aromatic carbocycles. The summed E-state index contributed by atoms with van der Waals surface area (Å²) in [6.07, 6.45) is 0. The van der Waals surface area contributed by atoms with Gasteiger partial charge in [0.25, 0.3) is 0 Å². The lowest BCUT2D eigenvalue weighted by Gasteiger charge is -2.07. The Morgan fingerprint density at radius 1 is 1.21 bits per heavy atom. The molecular weight excluding hydrogens is 263 g/mol. The molecule has 0 saturated heterocycles. The minimum atomic E-state index is -0.271. The predicted molar refractivity (Wildman–Crippen MR) is 75.3 cm³/mol. The summed E-state index contributed by atoms with van der Waals surface area (Å²) in [5.74, 6) is 0.726. The Balaban J connectivity index is 2.32. The van der Waals surface area contributed by atoms with Gasteiger partial charge in [0.05, 0.1) is 22.6 Å². The minimum absolute atomic E-state index is 0.271. The minimum Gasteiger partial charge on any atom is -0.295 e. The normalized spacial score (nSPS) is 11.1. The second kappa shape index (κ2) is 4.67. The molecule has 0 aliphatic heterocycles. The van der Waals surface area contributed by atoms with Crippen molar-refractivity contribution in [3.05, 3.63) is 59.7 Å². The Hall–Kier alpha value is -1.87. The van der Waals surface area contributed by atoms with Crippen molar-refractivity contribution in [2.24, 2.45) is 0 Å². The van der Waals surface area contributed by atoms with E-state index >= 15 is 0 Å². The van der Waals surface area contributed by atoms with Crippen LogP contribution in [0.1, 0.15) is 11.4 Å². The van der Waals surface area contributed by atoms with Crippen molar-refractivity contribution >= 4 is 22.6 Å². The average molecular weight is 275 g/mol. The second-order valence-corrected chi connectivity index (χ2v) is 4.74. The maximum Gasteiger partial charge on any atom is 0.129 e. The highest BCUT2D eigenvalue weighted by Crippen LogP contribution is 2.23. The van der Waals surface area contributed by atoms with Gasteiger partial charge in [-0.25, -0.2) is 9.37 Å². The zero-order valence-electron chi connectivity index (χ0n) is 10.4. The van der Waals surface area contributed by atoms with E-state index in [4.69, 9.17) is 11.6 Å². The van der Waals surface area contributed by atoms with Crippen molar-refractivity contribution in [2.75, 3.05) is 0 Å². The molecule has 0 aliphatic carbocycles. The van der Waals surface area contributed by atoms with Crippen LogP contribution in [0.25, 0.3) is 16.7 Å². The number of benzene rings is 2. The Bertz CT molecular complexity index is 749. The van der Waals surface area contributed by atoms with Gasteiger partial charge in [0.15, 0.2) is 0 Å². The van der Waals surface area contributed by atoms with E-state index in [2.05, 4.69) is 4.98 Å². The number of aryl methyl sites for hydroxylation is 1. The third-order valence-corrected chi connectivity index (χ3v) is 3.30. The Kier molecular flexibility index (Phi) is 2.99. The number of nitrogens with zero attached hydrogens (tertiary/aromatic N) is 2. The zero-order valence-corrected chi connectivity index (χ0v) is 11.2. The molecule has 1 heterocycles. The van der Waals surface area contributed by atoms with Gasteiger partial charge in [-0.15, -0.1) is 11.6 Å². The second-order valence-electron chi connectivity index (χ2n) is 4.47. The molecule has 0 amide bonds. The maximum atomic E-state index is 13.4. The molecule has 2 nitrogen and oxygen atoms in total. The molecule has 96 valence electrons. The van der Waals surface area contributed by atoms with Crippen LogP contribution in [0.2, 0.25) is 0 Å². The van der Waals surface area contributed by atoms with Gasteiger partial charge in [0.1, 0.15) is 11.6 Å². The number of halogens is 2. The van der Waals surface area contributed by atoms with Gasteiger partial charge in [-0.1, -0.05) is 12.1 Å². The first-order chi connectivity index (χ1) is 9.19. The molecule has 3 aromatic rings. The molecule has 3 rings (SSSR count). The molecule has 0 spiro atoms. The maximum absolute atomic E-state index is 13.4. The summed E-state index contributed by atoms with van der Waals surface area (Å²) in [7, 11) is 0. The first-order valence-corrected chi connectivity index (χ1v) is 6.52. The summed E-state index contributed by atoms with van der Waals surface area (Å²) in [6.45, 7) is 2.01. The Morgan fingerprint density at radius 2 is 2.05 bits per heavy atom. The fraction of sp³-hybridized carbons (Fsp3) is 0.133. The first-order valence-electron chi connectivity index (χ1n) is 5.99. The average Bonchev–Trinajstić information content (AvgIpc) is 2.76. The summed E-state index contributed by atoms with van der Waals surface area (Å²) in [6, 6.07) is 12.4. The molecule has 0 bridgehead atoms. The van der Waals surface area contributed by atoms with E-state index in [1.54, 1.807) is 6.07 Å². The van der Waals surface area contributed by atoms with Gasteiger partial charge in [-0.3, -0.25) is 4.57 Å². The van der Waals surface area contributed by atoms with Crippen LogP contribution in [0.15, 0.2) is 42.5 Å². The molecule has 0 fully saturated rings. The number of rotatable bonds is 2. The van der Waals surface area contributed by atoms with Crippen molar-refractivity contribution < 1.29 is 4.39 Å². The quantitative estimate of drug-likeness (QED) is 0.640. The highest BCUT2D eigenvalue weighted by molar-refractivity contribution is 6.17. The SMILES string of the molecule is Cc1ccc2c(c1)nc(CCl)n2-c1cccc(F)c1. The molecule has 0 aliphatic rings. The number of fused-ring (bicyclic) bond motifs is 1. The standard InChI is InChI=1S/C15H12ClFN2/c1-10-5-6-14-13(7-10)18-15(9-16)19(14)12-4-2-3-11(17)8-12/h2-8H,9H2,1H3. The van der Waals surface area contributed by atoms with Gasteiger partial charge in [-0.05, 0) is 42.8 Å². The fourth-order valence-corrected chi connectivity index (χ4v) is 2.41. The van der Waals surface area contributed by atoms with Crippen LogP contribution >= 0.6 is 11.6 Å². The molecule has 0 N–H and O–H groups in total. The first kappa shape index (κ1) is 12.2. The molecule has 1 aromatic heterocycles. The van der Waals surface area contributed by atoms with Gasteiger partial charge >= 0.3 is 0 Å². The topological polar surface area (TPSA) is 17.8 Å². The number of hydrogen-bond donors (Lipinski definition) is 0. The van der Waals surface area contributed by atoms with Crippen molar-refractivity contribution in [1.29, 1.82) is 0 Å². The summed E-state index contributed by atoms with van der Waals surface area (Å²) in [4.78, 5) is 4.51. The van der Waals surface area contributed by atoms with Gasteiger partial charge in [0.2, 0.25) is 0 Å². The Labute approximate surface area is 115 Å². The lowest BCUT2D eigenvalue weighted by Crippen LogP contribution is -1.99. The number of hydrogen-bond acceptors (Lipinski definition) is 1. The van der Waals surface area contributed by atoms with Crippen LogP contribution in [0, 0.1) is 12.7 Å². The van der Waals surface area contributed by atoms with Crippen LogP contribution in [0.4, 0.5) is 4.39 Å². The highest BCUT2D eigenvalue weighted by atomic mass is 35.5. The van der Waals surface area contributed by atoms with E-state index in [-0.39, 0.29) is 11.7 Å². The third kappa shape index (κ3) is 2.10. The summed E-state index contributed by atoms with van der Waals surface area (Å²) in [5, 5.41) is 0. The Morgan fingerprint density at radius 3 is 2.79 bits per heavy atom. The summed E-state index contributed by atoms with van der Waals surface area (Å²) in [5.41, 5.74) is 3.69. The van der Waals surface area contributed by atoms with E-state index < -0.39 is 0 Å². The van der Waals surface area contributed by atoms with Gasteiger partial charge in [0, 0.05) is 0 Å². The molecule has 0 radical (unpaired) electrons. The summed E-state index contributed by atoms with van der Waals surface area (Å²) < 4.78 is 15.3.